The van der Waals surface area contributed by atoms with Gasteiger partial charge in [0.2, 0.25) is 6.86 Å². The molecule has 0 radical (unpaired) electrons. The van der Waals surface area contributed by atoms with Gasteiger partial charge in [-0.3, -0.25) is 0 Å². The molecule has 0 aromatic heterocycles. The molecule has 1 heterocycles. The third kappa shape index (κ3) is 2.41. The molecule has 0 aliphatic carbocycles. The minimum Gasteiger partial charge on any atom is -0.461 e. The number of halogens is 2. The SMILES string of the molecule is FCOc1ccc(F)cc1N1CCNCC1. The number of nitrogens with zero attached hydrogens (tertiary/aromatic N) is 1. The molecule has 0 amide bonds. The van der Waals surface area contributed by atoms with Gasteiger partial charge in [0.25, 0.3) is 0 Å². The lowest BCUT2D eigenvalue weighted by Gasteiger charge is -2.30. The monoisotopic (exact) mass is 228 g/mol. The molecule has 0 bridgehead atoms. The van der Waals surface area contributed by atoms with Crippen LogP contribution < -0.4 is 15.0 Å². The molecular weight excluding hydrogens is 214 g/mol. The largest absolute Gasteiger partial charge is 0.461 e. The number of ether oxygens (including phenoxy) is 1. The first kappa shape index (κ1) is 11.1. The molecule has 16 heavy (non-hydrogen) atoms. The van der Waals surface area contributed by atoms with Gasteiger partial charge in [-0.15, -0.1) is 0 Å². The molecule has 3 nitrogen and oxygen atoms in total. The molecule has 1 aromatic rings. The van der Waals surface area contributed by atoms with Crippen LogP contribution in [0.15, 0.2) is 18.2 Å². The third-order valence-corrected chi connectivity index (χ3v) is 2.59. The van der Waals surface area contributed by atoms with E-state index in [0.717, 1.165) is 26.2 Å². The van der Waals surface area contributed by atoms with Crippen molar-refractivity contribution in [2.24, 2.45) is 0 Å². The zero-order valence-electron chi connectivity index (χ0n) is 8.88. The smallest absolute Gasteiger partial charge is 0.228 e. The van der Waals surface area contributed by atoms with Crippen molar-refractivity contribution in [1.29, 1.82) is 0 Å². The van der Waals surface area contributed by atoms with Crippen molar-refractivity contribution in [1.82, 2.24) is 5.32 Å². The van der Waals surface area contributed by atoms with E-state index in [4.69, 9.17) is 4.74 Å². The Balaban J connectivity index is 2.24. The van der Waals surface area contributed by atoms with Crippen molar-refractivity contribution in [3.63, 3.8) is 0 Å². The van der Waals surface area contributed by atoms with E-state index in [9.17, 15) is 8.78 Å². The summed E-state index contributed by atoms with van der Waals surface area (Å²) in [6.45, 7) is 2.32. The number of rotatable bonds is 3. The number of anilines is 1. The van der Waals surface area contributed by atoms with Crippen molar-refractivity contribution >= 4 is 5.69 Å². The number of hydrogen-bond donors (Lipinski definition) is 1. The van der Waals surface area contributed by atoms with Gasteiger partial charge < -0.3 is 15.0 Å². The Morgan fingerprint density at radius 1 is 1.31 bits per heavy atom. The van der Waals surface area contributed by atoms with Gasteiger partial charge in [0.15, 0.2) is 0 Å². The Labute approximate surface area is 93.0 Å². The minimum atomic E-state index is -0.898. The Hall–Kier alpha value is -1.36. The van der Waals surface area contributed by atoms with E-state index >= 15 is 0 Å². The average Bonchev–Trinajstić information content (AvgIpc) is 2.33. The molecule has 1 aromatic carbocycles. The predicted octanol–water partition coefficient (Wildman–Crippen LogP) is 1.54. The van der Waals surface area contributed by atoms with Gasteiger partial charge in [-0.2, -0.15) is 0 Å². The fourth-order valence-corrected chi connectivity index (χ4v) is 1.82. The van der Waals surface area contributed by atoms with Gasteiger partial charge in [0, 0.05) is 32.2 Å². The second kappa shape index (κ2) is 5.12. The fraction of sp³-hybridized carbons (Fsp3) is 0.455. The molecule has 1 aliphatic rings. The molecule has 0 spiro atoms. The molecule has 0 unspecified atom stereocenters. The lowest BCUT2D eigenvalue weighted by atomic mass is 10.2. The lowest BCUT2D eigenvalue weighted by Crippen LogP contribution is -2.43. The zero-order chi connectivity index (χ0) is 11.4. The van der Waals surface area contributed by atoms with Gasteiger partial charge in [-0.1, -0.05) is 0 Å². The standard InChI is InChI=1S/C11H14F2N2O/c12-8-16-11-2-1-9(13)7-10(11)15-5-3-14-4-6-15/h1-2,7,14H,3-6,8H2. The molecule has 0 saturated carbocycles. The summed E-state index contributed by atoms with van der Waals surface area (Å²) in [4.78, 5) is 1.99. The molecule has 1 fully saturated rings. The quantitative estimate of drug-likeness (QED) is 0.849. The summed E-state index contributed by atoms with van der Waals surface area (Å²) >= 11 is 0. The average molecular weight is 228 g/mol. The highest BCUT2D eigenvalue weighted by Gasteiger charge is 2.15. The van der Waals surface area contributed by atoms with Crippen LogP contribution in [0.1, 0.15) is 0 Å². The summed E-state index contributed by atoms with van der Waals surface area (Å²) in [7, 11) is 0. The first-order valence-electron chi connectivity index (χ1n) is 5.25. The Kier molecular flexibility index (Phi) is 3.56. The zero-order valence-corrected chi connectivity index (χ0v) is 8.88. The Morgan fingerprint density at radius 3 is 2.75 bits per heavy atom. The molecule has 1 N–H and O–H groups in total. The molecular formula is C11H14F2N2O. The van der Waals surface area contributed by atoms with Crippen LogP contribution in [0.25, 0.3) is 0 Å². The third-order valence-electron chi connectivity index (χ3n) is 2.59. The summed E-state index contributed by atoms with van der Waals surface area (Å²) in [5, 5.41) is 3.20. The Bertz CT molecular complexity index is 354. The van der Waals surface area contributed by atoms with E-state index in [1.165, 1.54) is 18.2 Å². The molecule has 88 valence electrons. The van der Waals surface area contributed by atoms with Crippen molar-refractivity contribution in [3.05, 3.63) is 24.0 Å². The second-order valence-corrected chi connectivity index (χ2v) is 3.60. The lowest BCUT2D eigenvalue weighted by molar-refractivity contribution is 0.192. The van der Waals surface area contributed by atoms with E-state index in [2.05, 4.69) is 5.32 Å². The summed E-state index contributed by atoms with van der Waals surface area (Å²) in [5.41, 5.74) is 0.624. The van der Waals surface area contributed by atoms with Crippen LogP contribution in [0, 0.1) is 5.82 Å². The molecule has 1 saturated heterocycles. The van der Waals surface area contributed by atoms with Crippen molar-refractivity contribution in [3.8, 4) is 5.75 Å². The van der Waals surface area contributed by atoms with Gasteiger partial charge in [0.1, 0.15) is 11.6 Å². The maximum Gasteiger partial charge on any atom is 0.228 e. The summed E-state index contributed by atoms with van der Waals surface area (Å²) in [5.74, 6) is 0.0607. The van der Waals surface area contributed by atoms with Gasteiger partial charge in [0.05, 0.1) is 5.69 Å². The molecule has 1 aliphatic heterocycles. The molecule has 2 rings (SSSR count). The van der Waals surface area contributed by atoms with Crippen LogP contribution >= 0.6 is 0 Å². The summed E-state index contributed by atoms with van der Waals surface area (Å²) < 4.78 is 30.2. The first-order valence-corrected chi connectivity index (χ1v) is 5.25. The van der Waals surface area contributed by atoms with Crippen LogP contribution in [0.3, 0.4) is 0 Å². The van der Waals surface area contributed by atoms with Gasteiger partial charge in [-0.05, 0) is 12.1 Å². The minimum absolute atomic E-state index is 0.334. The van der Waals surface area contributed by atoms with Crippen molar-refractivity contribution in [2.45, 2.75) is 0 Å². The number of nitrogens with one attached hydrogen (secondary N) is 1. The van der Waals surface area contributed by atoms with E-state index < -0.39 is 6.86 Å². The van der Waals surface area contributed by atoms with E-state index in [0.29, 0.717) is 11.4 Å². The number of hydrogen-bond acceptors (Lipinski definition) is 3. The van der Waals surface area contributed by atoms with Crippen molar-refractivity contribution < 1.29 is 13.5 Å². The first-order chi connectivity index (χ1) is 7.81. The number of alkyl halides is 1. The molecule has 0 atom stereocenters. The molecule has 5 heteroatoms. The maximum absolute atomic E-state index is 13.2. The topological polar surface area (TPSA) is 24.5 Å². The summed E-state index contributed by atoms with van der Waals surface area (Å²) in [6.07, 6.45) is 0. The highest BCUT2D eigenvalue weighted by atomic mass is 19.1. The predicted molar refractivity (Wildman–Crippen MR) is 58.1 cm³/mol. The van der Waals surface area contributed by atoms with E-state index in [1.54, 1.807) is 0 Å². The van der Waals surface area contributed by atoms with Crippen LogP contribution in [-0.2, 0) is 0 Å². The van der Waals surface area contributed by atoms with Crippen LogP contribution in [0.4, 0.5) is 14.5 Å². The highest BCUT2D eigenvalue weighted by Crippen LogP contribution is 2.29. The van der Waals surface area contributed by atoms with Gasteiger partial charge in [-0.25, -0.2) is 8.78 Å². The van der Waals surface area contributed by atoms with E-state index in [-0.39, 0.29) is 5.82 Å². The Morgan fingerprint density at radius 2 is 2.06 bits per heavy atom. The van der Waals surface area contributed by atoms with Crippen LogP contribution in [0.5, 0.6) is 5.75 Å². The van der Waals surface area contributed by atoms with Crippen molar-refractivity contribution in [2.75, 3.05) is 37.9 Å². The van der Waals surface area contributed by atoms with Crippen LogP contribution in [0.2, 0.25) is 0 Å². The van der Waals surface area contributed by atoms with Crippen LogP contribution in [-0.4, -0.2) is 33.0 Å². The highest BCUT2D eigenvalue weighted by molar-refractivity contribution is 5.59. The normalized spacial score (nSPS) is 16.2. The summed E-state index contributed by atoms with van der Waals surface area (Å²) in [6, 6.07) is 4.12. The van der Waals surface area contributed by atoms with Gasteiger partial charge >= 0.3 is 0 Å². The number of piperazine rings is 1. The fourth-order valence-electron chi connectivity index (χ4n) is 1.82. The number of benzene rings is 1. The maximum atomic E-state index is 13.2. The van der Waals surface area contributed by atoms with E-state index in [1.807, 2.05) is 4.90 Å². The second-order valence-electron chi connectivity index (χ2n) is 3.60.